The van der Waals surface area contributed by atoms with E-state index in [-0.39, 0.29) is 0 Å². The fraction of sp³-hybridized carbons (Fsp3) is 0.846. The molecule has 1 heterocycles. The molecule has 0 bridgehead atoms. The van der Waals surface area contributed by atoms with Crippen LogP contribution in [0.2, 0.25) is 0 Å². The van der Waals surface area contributed by atoms with Gasteiger partial charge in [0.25, 0.3) is 0 Å². The molecule has 1 saturated heterocycles. The lowest BCUT2D eigenvalue weighted by Crippen LogP contribution is -2.26. The normalized spacial score (nSPS) is 32.1. The molecule has 1 nitrogen and oxygen atoms in total. The van der Waals surface area contributed by atoms with Gasteiger partial charge in [0.2, 0.25) is 0 Å². The quantitative estimate of drug-likeness (QED) is 0.611. The van der Waals surface area contributed by atoms with Gasteiger partial charge >= 0.3 is 0 Å². The second kappa shape index (κ2) is 4.84. The van der Waals surface area contributed by atoms with Crippen LogP contribution in [0.15, 0.2) is 0 Å². The van der Waals surface area contributed by atoms with Crippen LogP contribution in [0.1, 0.15) is 45.4 Å². The monoisotopic (exact) mass is 192 g/mol. The summed E-state index contributed by atoms with van der Waals surface area (Å²) in [7, 11) is 0. The molecule has 2 atom stereocenters. The van der Waals surface area contributed by atoms with Crippen molar-refractivity contribution in [3.63, 3.8) is 0 Å². The standard InChI is InChI=1S/C13H20O/c1-2-3-4-5-13-10-12(8-9-14-13)11-6-7-11/h11-13H,2,5-10H2,1H3. The largest absolute Gasteiger partial charge is 0.377 e. The number of hydrogen-bond acceptors (Lipinski definition) is 1. The summed E-state index contributed by atoms with van der Waals surface area (Å²) in [6.07, 6.45) is 7.87. The fourth-order valence-corrected chi connectivity index (χ4v) is 2.36. The molecule has 2 rings (SSSR count). The van der Waals surface area contributed by atoms with Gasteiger partial charge in [0.05, 0.1) is 6.10 Å². The molecule has 0 aromatic rings. The highest BCUT2D eigenvalue weighted by Gasteiger charge is 2.34. The van der Waals surface area contributed by atoms with Crippen LogP contribution in [0.3, 0.4) is 0 Å². The Morgan fingerprint density at radius 1 is 1.14 bits per heavy atom. The van der Waals surface area contributed by atoms with Crippen LogP contribution in [-0.4, -0.2) is 12.7 Å². The summed E-state index contributed by atoms with van der Waals surface area (Å²) in [4.78, 5) is 0. The van der Waals surface area contributed by atoms with Gasteiger partial charge in [-0.2, -0.15) is 0 Å². The van der Waals surface area contributed by atoms with Crippen LogP contribution in [-0.2, 0) is 4.74 Å². The zero-order valence-electron chi connectivity index (χ0n) is 9.09. The van der Waals surface area contributed by atoms with Crippen LogP contribution >= 0.6 is 0 Å². The first kappa shape index (κ1) is 10.1. The Balaban J connectivity index is 1.75. The summed E-state index contributed by atoms with van der Waals surface area (Å²) in [5.41, 5.74) is 0. The highest BCUT2D eigenvalue weighted by Crippen LogP contribution is 2.42. The van der Waals surface area contributed by atoms with E-state index in [2.05, 4.69) is 18.8 Å². The predicted molar refractivity (Wildman–Crippen MR) is 57.9 cm³/mol. The number of ether oxygens (including phenoxy) is 1. The minimum atomic E-state index is 0.438. The fourth-order valence-electron chi connectivity index (χ4n) is 2.36. The molecular formula is C13H20O. The Morgan fingerprint density at radius 3 is 2.71 bits per heavy atom. The van der Waals surface area contributed by atoms with E-state index >= 15 is 0 Å². The summed E-state index contributed by atoms with van der Waals surface area (Å²) in [5.74, 6) is 8.33. The predicted octanol–water partition coefficient (Wildman–Crippen LogP) is 3.00. The third kappa shape index (κ3) is 2.75. The Morgan fingerprint density at radius 2 is 2.00 bits per heavy atom. The van der Waals surface area contributed by atoms with Gasteiger partial charge in [0.1, 0.15) is 0 Å². The van der Waals surface area contributed by atoms with Crippen molar-refractivity contribution in [3.05, 3.63) is 0 Å². The Hall–Kier alpha value is -0.480. The van der Waals surface area contributed by atoms with Gasteiger partial charge in [-0.25, -0.2) is 0 Å². The summed E-state index contributed by atoms with van der Waals surface area (Å²) >= 11 is 0. The van der Waals surface area contributed by atoms with Crippen molar-refractivity contribution in [1.29, 1.82) is 0 Å². The lowest BCUT2D eigenvalue weighted by Gasteiger charge is -2.28. The SMILES string of the molecule is CCC#CCC1CC(C2CC2)CCO1. The molecule has 0 aromatic heterocycles. The van der Waals surface area contributed by atoms with E-state index in [0.29, 0.717) is 6.10 Å². The van der Waals surface area contributed by atoms with Crippen LogP contribution in [0.25, 0.3) is 0 Å². The molecule has 0 spiro atoms. The van der Waals surface area contributed by atoms with Gasteiger partial charge in [0, 0.05) is 19.4 Å². The van der Waals surface area contributed by atoms with Gasteiger partial charge in [-0.15, -0.1) is 11.8 Å². The van der Waals surface area contributed by atoms with Crippen molar-refractivity contribution < 1.29 is 4.74 Å². The van der Waals surface area contributed by atoms with E-state index in [4.69, 9.17) is 4.74 Å². The third-order valence-corrected chi connectivity index (χ3v) is 3.33. The Bertz CT molecular complexity index is 231. The maximum Gasteiger partial charge on any atom is 0.0687 e. The summed E-state index contributed by atoms with van der Waals surface area (Å²) in [6, 6.07) is 0. The second-order valence-electron chi connectivity index (χ2n) is 4.53. The van der Waals surface area contributed by atoms with E-state index in [1.165, 1.54) is 25.7 Å². The average Bonchev–Trinajstić information content (AvgIpc) is 3.02. The molecule has 1 heteroatoms. The van der Waals surface area contributed by atoms with Crippen molar-refractivity contribution in [3.8, 4) is 11.8 Å². The molecule has 2 aliphatic rings. The molecule has 2 unspecified atom stereocenters. The first-order chi connectivity index (χ1) is 6.90. The first-order valence-corrected chi connectivity index (χ1v) is 5.97. The average molecular weight is 192 g/mol. The molecule has 0 radical (unpaired) electrons. The third-order valence-electron chi connectivity index (χ3n) is 3.33. The molecule has 1 saturated carbocycles. The maximum absolute atomic E-state index is 5.73. The molecule has 78 valence electrons. The molecule has 0 aromatic carbocycles. The topological polar surface area (TPSA) is 9.23 Å². The van der Waals surface area contributed by atoms with Gasteiger partial charge in [-0.3, -0.25) is 0 Å². The van der Waals surface area contributed by atoms with E-state index in [0.717, 1.165) is 31.3 Å². The zero-order chi connectivity index (χ0) is 9.80. The van der Waals surface area contributed by atoms with E-state index in [9.17, 15) is 0 Å². The lowest BCUT2D eigenvalue weighted by atomic mass is 9.90. The molecule has 14 heavy (non-hydrogen) atoms. The molecule has 2 fully saturated rings. The summed E-state index contributed by atoms with van der Waals surface area (Å²) < 4.78 is 5.73. The Kier molecular flexibility index (Phi) is 3.48. The Labute approximate surface area is 87.2 Å². The van der Waals surface area contributed by atoms with Gasteiger partial charge < -0.3 is 4.74 Å². The van der Waals surface area contributed by atoms with Crippen molar-refractivity contribution in [2.75, 3.05) is 6.61 Å². The molecule has 1 aliphatic heterocycles. The van der Waals surface area contributed by atoms with Crippen molar-refractivity contribution >= 4 is 0 Å². The highest BCUT2D eigenvalue weighted by atomic mass is 16.5. The summed E-state index contributed by atoms with van der Waals surface area (Å²) in [5, 5.41) is 0. The smallest absolute Gasteiger partial charge is 0.0687 e. The van der Waals surface area contributed by atoms with E-state index in [1.54, 1.807) is 0 Å². The number of rotatable bonds is 2. The maximum atomic E-state index is 5.73. The van der Waals surface area contributed by atoms with Gasteiger partial charge in [-0.1, -0.05) is 6.92 Å². The molecular weight excluding hydrogens is 172 g/mol. The van der Waals surface area contributed by atoms with Crippen molar-refractivity contribution in [2.24, 2.45) is 11.8 Å². The summed E-state index contributed by atoms with van der Waals surface area (Å²) in [6.45, 7) is 3.07. The molecule has 0 amide bonds. The van der Waals surface area contributed by atoms with Gasteiger partial charge in [0.15, 0.2) is 0 Å². The first-order valence-electron chi connectivity index (χ1n) is 5.97. The lowest BCUT2D eigenvalue weighted by molar-refractivity contribution is -0.0102. The van der Waals surface area contributed by atoms with Crippen LogP contribution in [0.4, 0.5) is 0 Å². The van der Waals surface area contributed by atoms with Crippen LogP contribution in [0, 0.1) is 23.7 Å². The minimum absolute atomic E-state index is 0.438. The van der Waals surface area contributed by atoms with Crippen LogP contribution in [0.5, 0.6) is 0 Å². The second-order valence-corrected chi connectivity index (χ2v) is 4.53. The molecule has 1 aliphatic carbocycles. The van der Waals surface area contributed by atoms with Crippen LogP contribution < -0.4 is 0 Å². The molecule has 0 N–H and O–H groups in total. The highest BCUT2D eigenvalue weighted by molar-refractivity contribution is 5.00. The minimum Gasteiger partial charge on any atom is -0.377 e. The van der Waals surface area contributed by atoms with Crippen molar-refractivity contribution in [2.45, 2.75) is 51.6 Å². The van der Waals surface area contributed by atoms with E-state index < -0.39 is 0 Å². The van der Waals surface area contributed by atoms with Crippen molar-refractivity contribution in [1.82, 2.24) is 0 Å². The van der Waals surface area contributed by atoms with Gasteiger partial charge in [-0.05, 0) is 37.5 Å². The number of hydrogen-bond donors (Lipinski definition) is 0. The van der Waals surface area contributed by atoms with E-state index in [1.807, 2.05) is 0 Å². The zero-order valence-corrected chi connectivity index (χ0v) is 9.09.